The third-order valence-corrected chi connectivity index (χ3v) is 1.48. The molecule has 0 radical (unpaired) electrons. The van der Waals surface area contributed by atoms with Crippen LogP contribution in [0.5, 0.6) is 0 Å². The van der Waals surface area contributed by atoms with Crippen LogP contribution in [0, 0.1) is 0 Å². The summed E-state index contributed by atoms with van der Waals surface area (Å²) in [5.74, 6) is -1.54. The highest BCUT2D eigenvalue weighted by Crippen LogP contribution is 2.05. The Labute approximate surface area is 78.8 Å². The van der Waals surface area contributed by atoms with Crippen LogP contribution in [0.15, 0.2) is 6.07 Å². The van der Waals surface area contributed by atoms with Crippen molar-refractivity contribution in [3.63, 3.8) is 0 Å². The molecule has 0 saturated carbocycles. The summed E-state index contributed by atoms with van der Waals surface area (Å²) in [5.41, 5.74) is -0.414. The number of rotatable bonds is 2. The third kappa shape index (κ3) is 1.65. The van der Waals surface area contributed by atoms with Crippen molar-refractivity contribution in [3.8, 4) is 0 Å². The maximum atomic E-state index is 11.0. The fraction of sp³-hybridized carbons (Fsp3) is 0.286. The Balaban J connectivity index is 3.05. The van der Waals surface area contributed by atoms with Crippen molar-refractivity contribution in [2.75, 3.05) is 14.2 Å². The first-order valence-corrected chi connectivity index (χ1v) is 3.56. The van der Waals surface area contributed by atoms with E-state index in [0.29, 0.717) is 0 Å². The number of nitrogens with zero attached hydrogens (tertiary/aromatic N) is 2. The molecule has 1 rings (SSSR count). The first-order valence-electron chi connectivity index (χ1n) is 3.56. The van der Waals surface area contributed by atoms with E-state index in [1.165, 1.54) is 0 Å². The number of hydrogen-bond acceptors (Lipinski definition) is 6. The summed E-state index contributed by atoms with van der Waals surface area (Å²) in [4.78, 5) is 22.2. The minimum absolute atomic E-state index is 0.171. The summed E-state index contributed by atoms with van der Waals surface area (Å²) < 4.78 is 8.67. The van der Waals surface area contributed by atoms with E-state index in [9.17, 15) is 9.59 Å². The van der Waals surface area contributed by atoms with E-state index >= 15 is 0 Å². The lowest BCUT2D eigenvalue weighted by Crippen LogP contribution is -2.09. The minimum atomic E-state index is -0.796. The van der Waals surface area contributed by atoms with E-state index in [-0.39, 0.29) is 16.2 Å². The average Bonchev–Trinajstić information content (AvgIpc) is 2.58. The van der Waals surface area contributed by atoms with Gasteiger partial charge in [0.25, 0.3) is 0 Å². The highest BCUT2D eigenvalue weighted by Gasteiger charge is 2.19. The van der Waals surface area contributed by atoms with Crippen molar-refractivity contribution in [2.24, 2.45) is 0 Å². The zero-order chi connectivity index (χ0) is 10.7. The third-order valence-electron chi connectivity index (χ3n) is 1.48. The van der Waals surface area contributed by atoms with Crippen LogP contribution in [-0.2, 0) is 9.47 Å². The lowest BCUT2D eigenvalue weighted by molar-refractivity contribution is 0.0514. The number of esters is 2. The fourth-order valence-electron chi connectivity index (χ4n) is 0.821. The minimum Gasteiger partial charge on any atom is -0.464 e. The molecule has 1 aromatic heterocycles. The van der Waals surface area contributed by atoms with E-state index in [1.807, 2.05) is 0 Å². The molecule has 0 spiro atoms. The maximum Gasteiger partial charge on any atom is 0.360 e. The molecule has 0 aliphatic heterocycles. The van der Waals surface area contributed by atoms with Crippen molar-refractivity contribution in [1.29, 1.82) is 0 Å². The Morgan fingerprint density at radius 1 is 1.36 bits per heavy atom. The van der Waals surface area contributed by atoms with Crippen LogP contribution < -0.4 is 0 Å². The van der Waals surface area contributed by atoms with Crippen LogP contribution >= 0.6 is 0 Å². The van der Waals surface area contributed by atoms with Crippen LogP contribution in [0.3, 0.4) is 0 Å². The van der Waals surface area contributed by atoms with Gasteiger partial charge in [0.15, 0.2) is 11.4 Å². The molecule has 0 aliphatic carbocycles. The maximum absolute atomic E-state index is 11.0. The van der Waals surface area contributed by atoms with Crippen LogP contribution in [0.1, 0.15) is 21.0 Å². The first-order chi connectivity index (χ1) is 6.60. The number of hydrogen-bond donors (Lipinski definition) is 1. The molecule has 14 heavy (non-hydrogen) atoms. The molecular weight excluding hydrogens is 192 g/mol. The molecule has 0 aliphatic rings. The van der Waals surface area contributed by atoms with Crippen molar-refractivity contribution < 1.29 is 24.3 Å². The molecule has 1 aromatic rings. The van der Waals surface area contributed by atoms with Gasteiger partial charge in [0.2, 0.25) is 0 Å². The van der Waals surface area contributed by atoms with Gasteiger partial charge in [-0.05, 0) is 0 Å². The van der Waals surface area contributed by atoms with Gasteiger partial charge in [0.05, 0.1) is 14.2 Å². The normalized spacial score (nSPS) is 9.57. The summed E-state index contributed by atoms with van der Waals surface area (Å²) in [6.45, 7) is 0. The predicted molar refractivity (Wildman–Crippen MR) is 42.1 cm³/mol. The van der Waals surface area contributed by atoms with Crippen molar-refractivity contribution in [1.82, 2.24) is 9.94 Å². The van der Waals surface area contributed by atoms with Crippen molar-refractivity contribution in [3.05, 3.63) is 17.5 Å². The molecule has 0 saturated heterocycles. The van der Waals surface area contributed by atoms with E-state index in [4.69, 9.17) is 5.21 Å². The zero-order valence-corrected chi connectivity index (χ0v) is 7.55. The first kappa shape index (κ1) is 10.0. The Bertz CT molecular complexity index is 370. The fourth-order valence-corrected chi connectivity index (χ4v) is 0.821. The molecule has 0 amide bonds. The van der Waals surface area contributed by atoms with Crippen LogP contribution in [0.2, 0.25) is 0 Å². The van der Waals surface area contributed by atoms with E-state index in [0.717, 1.165) is 20.3 Å². The lowest BCUT2D eigenvalue weighted by Gasteiger charge is -1.95. The molecule has 7 heteroatoms. The highest BCUT2D eigenvalue weighted by molar-refractivity contribution is 5.93. The lowest BCUT2D eigenvalue weighted by atomic mass is 10.3. The monoisotopic (exact) mass is 200 g/mol. The number of methoxy groups -OCH3 is 2. The van der Waals surface area contributed by atoms with Gasteiger partial charge in [-0.15, -0.1) is 5.10 Å². The second-order valence-electron chi connectivity index (χ2n) is 2.29. The molecule has 0 atom stereocenters. The topological polar surface area (TPSA) is 90.7 Å². The van der Waals surface area contributed by atoms with Crippen LogP contribution in [0.4, 0.5) is 0 Å². The number of aromatic nitrogens is 2. The van der Waals surface area contributed by atoms with E-state index < -0.39 is 11.9 Å². The summed E-state index contributed by atoms with van der Waals surface area (Å²) in [6.07, 6.45) is 0. The summed E-state index contributed by atoms with van der Waals surface area (Å²) in [6, 6.07) is 1.07. The molecule has 1 N–H and O–H groups in total. The molecule has 1 heterocycles. The van der Waals surface area contributed by atoms with Crippen LogP contribution in [0.25, 0.3) is 0 Å². The van der Waals surface area contributed by atoms with Crippen molar-refractivity contribution >= 4 is 11.9 Å². The van der Waals surface area contributed by atoms with Gasteiger partial charge in [-0.2, -0.15) is 0 Å². The molecule has 0 unspecified atom stereocenters. The van der Waals surface area contributed by atoms with E-state index in [2.05, 4.69) is 14.6 Å². The Kier molecular flexibility index (Phi) is 2.70. The summed E-state index contributed by atoms with van der Waals surface area (Å²) in [5, 5.41) is 12.4. The molecule has 0 bridgehead atoms. The number of carbonyl (C=O) groups excluding carboxylic acids is 2. The quantitative estimate of drug-likeness (QED) is 0.520. The Morgan fingerprint density at radius 2 is 1.93 bits per heavy atom. The van der Waals surface area contributed by atoms with Gasteiger partial charge in [0, 0.05) is 6.07 Å². The largest absolute Gasteiger partial charge is 0.464 e. The molecule has 0 fully saturated rings. The Morgan fingerprint density at radius 3 is 2.43 bits per heavy atom. The molecule has 7 nitrogen and oxygen atoms in total. The van der Waals surface area contributed by atoms with Crippen LogP contribution in [-0.4, -0.2) is 41.3 Å². The average molecular weight is 200 g/mol. The highest BCUT2D eigenvalue weighted by atomic mass is 16.5. The van der Waals surface area contributed by atoms with Gasteiger partial charge >= 0.3 is 11.9 Å². The van der Waals surface area contributed by atoms with Gasteiger partial charge in [-0.3, -0.25) is 0 Å². The predicted octanol–water partition coefficient (Wildman–Crippen LogP) is -0.306. The summed E-state index contributed by atoms with van der Waals surface area (Å²) in [7, 11) is 2.31. The number of ether oxygens (including phenoxy) is 2. The SMILES string of the molecule is COC(=O)c1cc(C(=O)OC)n(O)n1. The van der Waals surface area contributed by atoms with Gasteiger partial charge in [0.1, 0.15) is 0 Å². The van der Waals surface area contributed by atoms with Gasteiger partial charge < -0.3 is 14.7 Å². The van der Waals surface area contributed by atoms with Crippen molar-refractivity contribution in [2.45, 2.75) is 0 Å². The summed E-state index contributed by atoms with van der Waals surface area (Å²) >= 11 is 0. The number of carbonyl (C=O) groups is 2. The smallest absolute Gasteiger partial charge is 0.360 e. The van der Waals surface area contributed by atoms with Gasteiger partial charge in [-0.1, -0.05) is 4.85 Å². The molecular formula is C7H8N2O5. The van der Waals surface area contributed by atoms with Gasteiger partial charge in [-0.25, -0.2) is 9.59 Å². The second kappa shape index (κ2) is 3.77. The molecule has 76 valence electrons. The zero-order valence-electron chi connectivity index (χ0n) is 7.55. The Hall–Kier alpha value is -2.05. The second-order valence-corrected chi connectivity index (χ2v) is 2.29. The van der Waals surface area contributed by atoms with E-state index in [1.54, 1.807) is 0 Å². The standard InChI is InChI=1S/C7H8N2O5/c1-13-6(10)4-3-5(7(11)14-2)9(12)8-4/h3,12H,1-2H3. The molecule has 0 aromatic carbocycles.